The second-order valence-electron chi connectivity index (χ2n) is 2.56. The summed E-state index contributed by atoms with van der Waals surface area (Å²) in [5.74, 6) is 0. The summed E-state index contributed by atoms with van der Waals surface area (Å²) >= 11 is 5.93. The fourth-order valence-corrected chi connectivity index (χ4v) is 1.31. The molecule has 3 heteroatoms. The molecule has 0 aliphatic heterocycles. The third kappa shape index (κ3) is 2.21. The third-order valence-electron chi connectivity index (χ3n) is 1.66. The Morgan fingerprint density at radius 1 is 1.50 bits per heavy atom. The molecule has 0 amide bonds. The van der Waals surface area contributed by atoms with Crippen LogP contribution < -0.4 is 11.1 Å². The molecule has 0 heterocycles. The van der Waals surface area contributed by atoms with E-state index in [2.05, 4.69) is 5.32 Å². The van der Waals surface area contributed by atoms with E-state index in [1.165, 1.54) is 0 Å². The Morgan fingerprint density at radius 2 is 2.17 bits per heavy atom. The van der Waals surface area contributed by atoms with E-state index in [1.54, 1.807) is 0 Å². The van der Waals surface area contributed by atoms with Crippen LogP contribution in [0.1, 0.15) is 18.7 Å². The summed E-state index contributed by atoms with van der Waals surface area (Å²) in [6, 6.07) is 7.59. The van der Waals surface area contributed by atoms with Gasteiger partial charge in [0, 0.05) is 10.6 Å². The smallest absolute Gasteiger partial charge is 0.0824 e. The number of nitrogens with one attached hydrogen (secondary N) is 1. The monoisotopic (exact) mass is 184 g/mol. The van der Waals surface area contributed by atoms with Gasteiger partial charge in [0.2, 0.25) is 0 Å². The molecule has 1 rings (SSSR count). The first-order chi connectivity index (χ1) is 5.75. The Hall–Kier alpha value is -0.570. The van der Waals surface area contributed by atoms with Gasteiger partial charge in [0.1, 0.15) is 0 Å². The lowest BCUT2D eigenvalue weighted by Crippen LogP contribution is -2.28. The molecule has 0 saturated heterocycles. The molecule has 0 aliphatic carbocycles. The third-order valence-corrected chi connectivity index (χ3v) is 2.01. The van der Waals surface area contributed by atoms with Crippen molar-refractivity contribution in [2.75, 3.05) is 6.54 Å². The quantitative estimate of drug-likeness (QED) is 0.705. The number of hydrogen-bond acceptors (Lipinski definition) is 2. The normalized spacial score (nSPS) is 12.9. The highest BCUT2D eigenvalue weighted by molar-refractivity contribution is 6.31. The molecular formula is C9H13ClN2. The highest BCUT2D eigenvalue weighted by Crippen LogP contribution is 2.18. The van der Waals surface area contributed by atoms with Gasteiger partial charge in [-0.3, -0.25) is 5.32 Å². The van der Waals surface area contributed by atoms with Crippen LogP contribution in [-0.4, -0.2) is 6.54 Å². The minimum Gasteiger partial charge on any atom is -0.312 e. The van der Waals surface area contributed by atoms with Gasteiger partial charge in [-0.2, -0.15) is 0 Å². The summed E-state index contributed by atoms with van der Waals surface area (Å²) in [5, 5.41) is 3.81. The van der Waals surface area contributed by atoms with Crippen LogP contribution in [0.5, 0.6) is 0 Å². The number of benzene rings is 1. The molecule has 1 aromatic rings. The molecule has 12 heavy (non-hydrogen) atoms. The van der Waals surface area contributed by atoms with Gasteiger partial charge in [-0.25, -0.2) is 0 Å². The van der Waals surface area contributed by atoms with E-state index >= 15 is 0 Å². The first kappa shape index (κ1) is 9.52. The maximum atomic E-state index is 5.93. The lowest BCUT2D eigenvalue weighted by molar-refractivity contribution is 0.574. The van der Waals surface area contributed by atoms with Crippen molar-refractivity contribution in [3.8, 4) is 0 Å². The van der Waals surface area contributed by atoms with E-state index in [1.807, 2.05) is 31.2 Å². The molecule has 0 aliphatic rings. The molecule has 0 radical (unpaired) electrons. The topological polar surface area (TPSA) is 38.0 Å². The number of rotatable bonds is 3. The van der Waals surface area contributed by atoms with Crippen LogP contribution >= 0.6 is 11.6 Å². The van der Waals surface area contributed by atoms with Crippen molar-refractivity contribution in [2.45, 2.75) is 13.1 Å². The van der Waals surface area contributed by atoms with Gasteiger partial charge in [-0.05, 0) is 12.6 Å². The zero-order valence-electron chi connectivity index (χ0n) is 7.05. The maximum absolute atomic E-state index is 5.93. The molecule has 2 nitrogen and oxygen atoms in total. The average Bonchev–Trinajstić information content (AvgIpc) is 2.05. The summed E-state index contributed by atoms with van der Waals surface area (Å²) in [7, 11) is 0. The van der Waals surface area contributed by atoms with Gasteiger partial charge in [0.05, 0.1) is 6.17 Å². The predicted molar refractivity (Wildman–Crippen MR) is 52.1 cm³/mol. The molecule has 0 aromatic heterocycles. The van der Waals surface area contributed by atoms with E-state index < -0.39 is 0 Å². The van der Waals surface area contributed by atoms with Crippen molar-refractivity contribution >= 4 is 11.6 Å². The van der Waals surface area contributed by atoms with E-state index in [9.17, 15) is 0 Å². The van der Waals surface area contributed by atoms with E-state index in [0.29, 0.717) is 5.02 Å². The SMILES string of the molecule is CCNC(N)c1ccccc1Cl. The highest BCUT2D eigenvalue weighted by atomic mass is 35.5. The van der Waals surface area contributed by atoms with E-state index in [-0.39, 0.29) is 6.17 Å². The summed E-state index contributed by atoms with van der Waals surface area (Å²) in [6.07, 6.45) is -0.163. The van der Waals surface area contributed by atoms with Crippen molar-refractivity contribution in [3.63, 3.8) is 0 Å². The lowest BCUT2D eigenvalue weighted by atomic mass is 10.2. The van der Waals surface area contributed by atoms with E-state index in [4.69, 9.17) is 17.3 Å². The Kier molecular flexibility index (Phi) is 3.53. The zero-order valence-corrected chi connectivity index (χ0v) is 7.81. The van der Waals surface area contributed by atoms with Gasteiger partial charge in [0.15, 0.2) is 0 Å². The summed E-state index contributed by atoms with van der Waals surface area (Å²) in [6.45, 7) is 2.85. The van der Waals surface area contributed by atoms with Crippen LogP contribution in [0.4, 0.5) is 0 Å². The van der Waals surface area contributed by atoms with Crippen LogP contribution in [0, 0.1) is 0 Å². The summed E-state index contributed by atoms with van der Waals surface area (Å²) < 4.78 is 0. The Labute approximate surface area is 77.7 Å². The van der Waals surface area contributed by atoms with Gasteiger partial charge >= 0.3 is 0 Å². The van der Waals surface area contributed by atoms with Crippen molar-refractivity contribution in [1.29, 1.82) is 0 Å². The fourth-order valence-electron chi connectivity index (χ4n) is 1.06. The molecule has 0 saturated carbocycles. The summed E-state index contributed by atoms with van der Waals surface area (Å²) in [4.78, 5) is 0. The molecule has 66 valence electrons. The molecular weight excluding hydrogens is 172 g/mol. The highest BCUT2D eigenvalue weighted by Gasteiger charge is 2.06. The molecule has 0 spiro atoms. The number of halogens is 1. The Balaban J connectivity index is 2.79. The lowest BCUT2D eigenvalue weighted by Gasteiger charge is -2.13. The van der Waals surface area contributed by atoms with Gasteiger partial charge in [-0.1, -0.05) is 36.7 Å². The van der Waals surface area contributed by atoms with Gasteiger partial charge < -0.3 is 5.73 Å². The average molecular weight is 185 g/mol. The number of nitrogens with two attached hydrogens (primary N) is 1. The first-order valence-corrected chi connectivity index (χ1v) is 4.37. The molecule has 0 fully saturated rings. The predicted octanol–water partition coefficient (Wildman–Crippen LogP) is 1.91. The maximum Gasteiger partial charge on any atom is 0.0824 e. The van der Waals surface area contributed by atoms with Gasteiger partial charge in [-0.15, -0.1) is 0 Å². The molecule has 1 aromatic carbocycles. The van der Waals surface area contributed by atoms with Crippen molar-refractivity contribution in [1.82, 2.24) is 5.32 Å². The molecule has 3 N–H and O–H groups in total. The van der Waals surface area contributed by atoms with Crippen LogP contribution in [0.2, 0.25) is 5.02 Å². The van der Waals surface area contributed by atoms with Crippen molar-refractivity contribution < 1.29 is 0 Å². The van der Waals surface area contributed by atoms with Gasteiger partial charge in [0.25, 0.3) is 0 Å². The number of hydrogen-bond donors (Lipinski definition) is 2. The van der Waals surface area contributed by atoms with Crippen LogP contribution in [-0.2, 0) is 0 Å². The minimum atomic E-state index is -0.163. The van der Waals surface area contributed by atoms with Crippen molar-refractivity contribution in [2.24, 2.45) is 5.73 Å². The molecule has 1 atom stereocenters. The molecule has 1 unspecified atom stereocenters. The summed E-state index contributed by atoms with van der Waals surface area (Å²) in [5.41, 5.74) is 6.76. The Bertz CT molecular complexity index is 250. The second-order valence-corrected chi connectivity index (χ2v) is 2.96. The largest absolute Gasteiger partial charge is 0.312 e. The van der Waals surface area contributed by atoms with E-state index in [0.717, 1.165) is 12.1 Å². The first-order valence-electron chi connectivity index (χ1n) is 3.99. The minimum absolute atomic E-state index is 0.163. The second kappa shape index (κ2) is 4.45. The molecule has 0 bridgehead atoms. The standard InChI is InChI=1S/C9H13ClN2/c1-2-12-9(11)7-5-3-4-6-8(7)10/h3-6,9,12H,2,11H2,1H3. The van der Waals surface area contributed by atoms with Crippen LogP contribution in [0.25, 0.3) is 0 Å². The Morgan fingerprint density at radius 3 is 2.75 bits per heavy atom. The van der Waals surface area contributed by atoms with Crippen molar-refractivity contribution in [3.05, 3.63) is 34.9 Å². The zero-order chi connectivity index (χ0) is 8.97. The van der Waals surface area contributed by atoms with Crippen LogP contribution in [0.3, 0.4) is 0 Å². The fraction of sp³-hybridized carbons (Fsp3) is 0.333. The van der Waals surface area contributed by atoms with Crippen LogP contribution in [0.15, 0.2) is 24.3 Å².